The number of nitro groups is 1. The van der Waals surface area contributed by atoms with E-state index < -0.39 is 10.7 Å². The second kappa shape index (κ2) is 5.50. The van der Waals surface area contributed by atoms with Crippen molar-refractivity contribution in [3.8, 4) is 0 Å². The highest BCUT2D eigenvalue weighted by molar-refractivity contribution is 5.64. The van der Waals surface area contributed by atoms with Gasteiger partial charge in [0.05, 0.1) is 17.0 Å². The Morgan fingerprint density at radius 1 is 1.53 bits per heavy atom. The Kier molecular flexibility index (Phi) is 3.96. The number of likely N-dealkylation sites (N-methyl/N-ethyl adjacent to an activating group) is 1. The molecule has 104 valence electrons. The standard InChI is InChI=1S/C12H17FN4O2/c1-15-4-5-16(10(7-14)8-15)11-3-2-9(13)6-12(11)17(18)19/h2-3,6,10H,4-5,7-8,14H2,1H3. The molecule has 0 spiro atoms. The van der Waals surface area contributed by atoms with Crippen LogP contribution in [0.25, 0.3) is 0 Å². The normalized spacial score (nSPS) is 20.6. The smallest absolute Gasteiger partial charge is 0.295 e. The number of nitro benzene ring substituents is 1. The molecule has 1 aromatic rings. The lowest BCUT2D eigenvalue weighted by Crippen LogP contribution is -2.55. The molecule has 1 atom stereocenters. The van der Waals surface area contributed by atoms with Crippen molar-refractivity contribution in [2.45, 2.75) is 6.04 Å². The lowest BCUT2D eigenvalue weighted by atomic mass is 10.1. The molecule has 0 radical (unpaired) electrons. The second-order valence-corrected chi connectivity index (χ2v) is 4.74. The zero-order chi connectivity index (χ0) is 14.0. The lowest BCUT2D eigenvalue weighted by molar-refractivity contribution is -0.384. The monoisotopic (exact) mass is 268 g/mol. The molecule has 1 unspecified atom stereocenters. The number of piperazine rings is 1. The van der Waals surface area contributed by atoms with Crippen LogP contribution in [0.5, 0.6) is 0 Å². The van der Waals surface area contributed by atoms with Crippen LogP contribution < -0.4 is 10.6 Å². The number of hydrogen-bond donors (Lipinski definition) is 1. The van der Waals surface area contributed by atoms with Crippen LogP contribution >= 0.6 is 0 Å². The summed E-state index contributed by atoms with van der Waals surface area (Å²) in [4.78, 5) is 14.5. The first kappa shape index (κ1) is 13.7. The third-order valence-corrected chi connectivity index (χ3v) is 3.40. The van der Waals surface area contributed by atoms with E-state index in [1.54, 1.807) is 0 Å². The number of halogens is 1. The molecule has 6 nitrogen and oxygen atoms in total. The van der Waals surface area contributed by atoms with Crippen LogP contribution in [0.1, 0.15) is 0 Å². The van der Waals surface area contributed by atoms with E-state index in [-0.39, 0.29) is 11.7 Å². The first-order valence-corrected chi connectivity index (χ1v) is 6.12. The van der Waals surface area contributed by atoms with Crippen molar-refractivity contribution in [2.75, 3.05) is 38.1 Å². The van der Waals surface area contributed by atoms with Crippen molar-refractivity contribution in [2.24, 2.45) is 5.73 Å². The van der Waals surface area contributed by atoms with Crippen molar-refractivity contribution >= 4 is 11.4 Å². The fourth-order valence-electron chi connectivity index (χ4n) is 2.42. The molecule has 0 aliphatic carbocycles. The molecule has 0 saturated carbocycles. The third-order valence-electron chi connectivity index (χ3n) is 3.40. The van der Waals surface area contributed by atoms with E-state index in [0.29, 0.717) is 18.8 Å². The maximum absolute atomic E-state index is 13.2. The van der Waals surface area contributed by atoms with Crippen molar-refractivity contribution in [1.29, 1.82) is 0 Å². The first-order chi connectivity index (χ1) is 9.02. The van der Waals surface area contributed by atoms with Gasteiger partial charge in [-0.15, -0.1) is 0 Å². The predicted octanol–water partition coefficient (Wildman–Crippen LogP) is 0.813. The van der Waals surface area contributed by atoms with Gasteiger partial charge in [-0.3, -0.25) is 10.1 Å². The highest BCUT2D eigenvalue weighted by atomic mass is 19.1. The van der Waals surface area contributed by atoms with Gasteiger partial charge in [0.25, 0.3) is 5.69 Å². The molecule has 0 amide bonds. The Hall–Kier alpha value is -1.73. The van der Waals surface area contributed by atoms with Crippen LogP contribution in [0.3, 0.4) is 0 Å². The minimum Gasteiger partial charge on any atom is -0.359 e. The van der Waals surface area contributed by atoms with Crippen LogP contribution in [0.15, 0.2) is 18.2 Å². The summed E-state index contributed by atoms with van der Waals surface area (Å²) in [7, 11) is 1.99. The summed E-state index contributed by atoms with van der Waals surface area (Å²) >= 11 is 0. The summed E-state index contributed by atoms with van der Waals surface area (Å²) in [5, 5.41) is 11.0. The van der Waals surface area contributed by atoms with Gasteiger partial charge in [0.1, 0.15) is 11.5 Å². The molecule has 7 heteroatoms. The number of hydrogen-bond acceptors (Lipinski definition) is 5. The van der Waals surface area contributed by atoms with E-state index in [1.165, 1.54) is 12.1 Å². The van der Waals surface area contributed by atoms with Gasteiger partial charge >= 0.3 is 0 Å². The van der Waals surface area contributed by atoms with Gasteiger partial charge < -0.3 is 15.5 Å². The van der Waals surface area contributed by atoms with Crippen LogP contribution in [0, 0.1) is 15.9 Å². The average molecular weight is 268 g/mol. The van der Waals surface area contributed by atoms with Gasteiger partial charge in [0.2, 0.25) is 0 Å². The number of rotatable bonds is 3. The van der Waals surface area contributed by atoms with Gasteiger partial charge in [0, 0.05) is 26.2 Å². The van der Waals surface area contributed by atoms with Gasteiger partial charge in [0.15, 0.2) is 0 Å². The van der Waals surface area contributed by atoms with Crippen molar-refractivity contribution in [1.82, 2.24) is 4.90 Å². The zero-order valence-electron chi connectivity index (χ0n) is 10.8. The summed E-state index contributed by atoms with van der Waals surface area (Å²) in [5.41, 5.74) is 5.97. The van der Waals surface area contributed by atoms with Gasteiger partial charge in [-0.1, -0.05) is 0 Å². The second-order valence-electron chi connectivity index (χ2n) is 4.74. The summed E-state index contributed by atoms with van der Waals surface area (Å²) in [6.07, 6.45) is 0. The molecular formula is C12H17FN4O2. The molecule has 1 heterocycles. The van der Waals surface area contributed by atoms with Gasteiger partial charge in [-0.25, -0.2) is 4.39 Å². The van der Waals surface area contributed by atoms with E-state index in [0.717, 1.165) is 19.2 Å². The number of nitrogens with two attached hydrogens (primary N) is 1. The number of benzene rings is 1. The first-order valence-electron chi connectivity index (χ1n) is 6.12. The molecule has 1 aliphatic heterocycles. The van der Waals surface area contributed by atoms with Gasteiger partial charge in [-0.05, 0) is 19.2 Å². The Balaban J connectivity index is 2.37. The largest absolute Gasteiger partial charge is 0.359 e. The highest BCUT2D eigenvalue weighted by Crippen LogP contribution is 2.31. The number of nitrogens with zero attached hydrogens (tertiary/aromatic N) is 3. The van der Waals surface area contributed by atoms with Crippen molar-refractivity contribution in [3.05, 3.63) is 34.1 Å². The molecule has 2 N–H and O–H groups in total. The maximum atomic E-state index is 13.2. The molecule has 0 aromatic heterocycles. The van der Waals surface area contributed by atoms with Crippen LogP contribution in [-0.2, 0) is 0 Å². The van der Waals surface area contributed by atoms with E-state index >= 15 is 0 Å². The van der Waals surface area contributed by atoms with Gasteiger partial charge in [-0.2, -0.15) is 0 Å². The minimum absolute atomic E-state index is 0.00270. The molecule has 1 saturated heterocycles. The fraction of sp³-hybridized carbons (Fsp3) is 0.500. The Morgan fingerprint density at radius 3 is 2.89 bits per heavy atom. The highest BCUT2D eigenvalue weighted by Gasteiger charge is 2.29. The topological polar surface area (TPSA) is 75.6 Å². The predicted molar refractivity (Wildman–Crippen MR) is 70.7 cm³/mol. The fourth-order valence-corrected chi connectivity index (χ4v) is 2.42. The molecular weight excluding hydrogens is 251 g/mol. The Labute approximate surface area is 110 Å². The molecule has 1 aromatic carbocycles. The average Bonchev–Trinajstić information content (AvgIpc) is 2.38. The third kappa shape index (κ3) is 2.82. The molecule has 0 bridgehead atoms. The van der Waals surface area contributed by atoms with Crippen LogP contribution in [-0.4, -0.2) is 49.1 Å². The number of anilines is 1. The molecule has 1 aliphatic rings. The summed E-state index contributed by atoms with van der Waals surface area (Å²) in [6.45, 7) is 2.58. The summed E-state index contributed by atoms with van der Waals surface area (Å²) in [5.74, 6) is -0.603. The van der Waals surface area contributed by atoms with E-state index in [2.05, 4.69) is 4.90 Å². The van der Waals surface area contributed by atoms with Crippen molar-refractivity contribution in [3.63, 3.8) is 0 Å². The Morgan fingerprint density at radius 2 is 2.26 bits per heavy atom. The SMILES string of the molecule is CN1CCN(c2ccc(F)cc2[N+](=O)[O-])C(CN)C1. The molecule has 2 rings (SSSR count). The van der Waals surface area contributed by atoms with Crippen LogP contribution in [0.4, 0.5) is 15.8 Å². The van der Waals surface area contributed by atoms with E-state index in [1.807, 2.05) is 11.9 Å². The summed E-state index contributed by atoms with van der Waals surface area (Å²) in [6, 6.07) is 3.67. The van der Waals surface area contributed by atoms with E-state index in [9.17, 15) is 14.5 Å². The Bertz CT molecular complexity index is 483. The van der Waals surface area contributed by atoms with E-state index in [4.69, 9.17) is 5.73 Å². The van der Waals surface area contributed by atoms with Crippen LogP contribution in [0.2, 0.25) is 0 Å². The summed E-state index contributed by atoms with van der Waals surface area (Å²) < 4.78 is 13.2. The molecule has 1 fully saturated rings. The molecule has 19 heavy (non-hydrogen) atoms. The zero-order valence-corrected chi connectivity index (χ0v) is 10.8. The quantitative estimate of drug-likeness (QED) is 0.648. The lowest BCUT2D eigenvalue weighted by Gasteiger charge is -2.40. The maximum Gasteiger partial charge on any atom is 0.295 e. The van der Waals surface area contributed by atoms with Crippen molar-refractivity contribution < 1.29 is 9.31 Å². The minimum atomic E-state index is -0.603.